The summed E-state index contributed by atoms with van der Waals surface area (Å²) >= 11 is 9.53. The molecule has 0 spiro atoms. The van der Waals surface area contributed by atoms with Crippen molar-refractivity contribution in [1.29, 1.82) is 0 Å². The van der Waals surface area contributed by atoms with Gasteiger partial charge in [-0.15, -0.1) is 25.3 Å². The molecule has 0 fully saturated rings. The van der Waals surface area contributed by atoms with Crippen LogP contribution in [-0.2, 0) is 31.6 Å². The van der Waals surface area contributed by atoms with Gasteiger partial charge in [-0.2, -0.15) is 0 Å². The van der Waals surface area contributed by atoms with Crippen LogP contribution in [0, 0.1) is 5.41 Å². The lowest BCUT2D eigenvalue weighted by Gasteiger charge is -2.51. The van der Waals surface area contributed by atoms with Crippen molar-refractivity contribution >= 4 is 42.5 Å². The maximum atomic E-state index is 13.7. The van der Waals surface area contributed by atoms with Crippen molar-refractivity contribution < 1.29 is 44.3 Å². The zero-order chi connectivity index (χ0) is 36.4. The van der Waals surface area contributed by atoms with Crippen molar-refractivity contribution in [1.82, 2.24) is 0 Å². The normalized spacial score (nSPS) is 13.7. The number of hydrogen-bond donors (Lipinski definition) is 10. The summed E-state index contributed by atoms with van der Waals surface area (Å²) in [7, 11) is -5.22. The number of rotatable bonds is 8. The van der Waals surface area contributed by atoms with Crippen molar-refractivity contribution in [3.8, 4) is 0 Å². The summed E-state index contributed by atoms with van der Waals surface area (Å²) in [5.41, 5.74) is -0.914. The Morgan fingerprint density at radius 2 is 0.739 bits per heavy atom. The first-order chi connectivity index (χ1) is 20.5. The molecule has 0 aliphatic rings. The smallest absolute Gasteiger partial charge is 0.334 e. The molecule has 0 bridgehead atoms. The van der Waals surface area contributed by atoms with Gasteiger partial charge in [0.1, 0.15) is 5.60 Å². The summed E-state index contributed by atoms with van der Waals surface area (Å²) in [6, 6.07) is 7.87. The molecule has 13 heteroatoms. The van der Waals surface area contributed by atoms with E-state index in [9.17, 15) is 20.4 Å². The third kappa shape index (κ3) is 9.87. The molecular formula is C33H56O9P2S2. The molecule has 0 heterocycles. The van der Waals surface area contributed by atoms with Crippen LogP contribution in [0.5, 0.6) is 0 Å². The van der Waals surface area contributed by atoms with Gasteiger partial charge in [0.05, 0.1) is 25.2 Å². The van der Waals surface area contributed by atoms with Crippen LogP contribution in [0.15, 0.2) is 34.1 Å². The van der Waals surface area contributed by atoms with Crippen LogP contribution in [0.25, 0.3) is 0 Å². The number of benzene rings is 2. The molecule has 0 atom stereocenters. The summed E-state index contributed by atoms with van der Waals surface area (Å²) in [6.45, 7) is 23.0. The van der Waals surface area contributed by atoms with Crippen LogP contribution in [0.3, 0.4) is 0 Å². The van der Waals surface area contributed by atoms with Crippen LogP contribution in [-0.4, -0.2) is 59.8 Å². The summed E-state index contributed by atoms with van der Waals surface area (Å²) in [5.74, 6) is 0. The van der Waals surface area contributed by atoms with Crippen LogP contribution < -0.4 is 0 Å². The standard InChI is InChI=1S/C33H52O4S2.H4O5P2/c1-28(2,3)22-13-20(38)14-23(29(4,5)6)26(22)33(37,32(17-34,18-35)19-36)27-24(30(7,8)9)15-21(39)16-25(27)31(10,11)12;1-6(2)5-7(3)4/h13-16,34-39H,17-19H2,1-12H3;1-4H. The summed E-state index contributed by atoms with van der Waals surface area (Å²) in [5, 5.41) is 46.7. The highest BCUT2D eigenvalue weighted by atomic mass is 32.1. The zero-order valence-electron chi connectivity index (χ0n) is 29.2. The Morgan fingerprint density at radius 3 is 0.870 bits per heavy atom. The second kappa shape index (κ2) is 15.7. The van der Waals surface area contributed by atoms with E-state index in [2.05, 4.69) is 87.4 Å². The molecule has 9 nitrogen and oxygen atoms in total. The van der Waals surface area contributed by atoms with Crippen LogP contribution in [0.2, 0.25) is 0 Å². The second-order valence-electron chi connectivity index (χ2n) is 15.9. The topological polar surface area (TPSA) is 171 Å². The van der Waals surface area contributed by atoms with E-state index < -0.39 is 69.7 Å². The lowest BCUT2D eigenvalue weighted by molar-refractivity contribution is -0.138. The summed E-state index contributed by atoms with van der Waals surface area (Å²) in [6.07, 6.45) is 0. The Hall–Kier alpha value is -0.360. The first-order valence-electron chi connectivity index (χ1n) is 14.9. The van der Waals surface area contributed by atoms with Gasteiger partial charge in [-0.3, -0.25) is 0 Å². The minimum atomic E-state index is -2.61. The third-order valence-electron chi connectivity index (χ3n) is 8.02. The fourth-order valence-corrected chi connectivity index (χ4v) is 6.65. The fourth-order valence-electron chi connectivity index (χ4n) is 5.61. The van der Waals surface area contributed by atoms with Crippen LogP contribution in [0.4, 0.5) is 0 Å². The van der Waals surface area contributed by atoms with Gasteiger partial charge >= 0.3 is 17.2 Å². The molecule has 0 unspecified atom stereocenters. The molecule has 0 aliphatic carbocycles. The SMILES string of the molecule is CC(C)(C)c1cc(S)cc(C(C)(C)C)c1C(O)(c1c(C(C)(C)C)cc(S)cc1C(C)(C)C)C(CO)(CO)CO.OP(O)OP(O)O. The lowest BCUT2D eigenvalue weighted by atomic mass is 9.56. The molecule has 2 aromatic carbocycles. The van der Waals surface area contributed by atoms with Gasteiger partial charge in [0, 0.05) is 9.79 Å². The van der Waals surface area contributed by atoms with Crippen LogP contribution in [0.1, 0.15) is 116 Å². The minimum Gasteiger partial charge on any atom is -0.395 e. The minimum absolute atomic E-state index is 0.443. The molecule has 0 aliphatic heterocycles. The number of hydrogen-bond acceptors (Lipinski definition) is 11. The molecule has 2 aromatic rings. The van der Waals surface area contributed by atoms with Crippen molar-refractivity contribution in [3.63, 3.8) is 0 Å². The van der Waals surface area contributed by atoms with E-state index in [0.29, 0.717) is 11.1 Å². The van der Waals surface area contributed by atoms with E-state index in [1.807, 2.05) is 24.3 Å². The molecule has 0 radical (unpaired) electrons. The number of thiol groups is 2. The average molecular weight is 723 g/mol. The molecule has 8 N–H and O–H groups in total. The van der Waals surface area contributed by atoms with Crippen molar-refractivity contribution in [3.05, 3.63) is 57.6 Å². The quantitative estimate of drug-likeness (QED) is 0.115. The first-order valence-corrected chi connectivity index (χ1v) is 18.1. The molecule has 2 rings (SSSR count). The maximum absolute atomic E-state index is 13.7. The highest BCUT2D eigenvalue weighted by Gasteiger charge is 2.57. The van der Waals surface area contributed by atoms with Gasteiger partial charge in [0.25, 0.3) is 0 Å². The Kier molecular flexibility index (Phi) is 14.9. The van der Waals surface area contributed by atoms with E-state index in [4.69, 9.17) is 44.8 Å². The Morgan fingerprint density at radius 1 is 0.522 bits per heavy atom. The Balaban J connectivity index is 0.00000135. The maximum Gasteiger partial charge on any atom is 0.334 e. The summed E-state index contributed by atoms with van der Waals surface area (Å²) in [4.78, 5) is 32.8. The van der Waals surface area contributed by atoms with E-state index in [-0.39, 0.29) is 0 Å². The van der Waals surface area contributed by atoms with Gasteiger partial charge in [0.15, 0.2) is 0 Å². The molecule has 0 amide bonds. The highest BCUT2D eigenvalue weighted by molar-refractivity contribution is 7.80. The van der Waals surface area contributed by atoms with E-state index in [1.165, 1.54) is 0 Å². The van der Waals surface area contributed by atoms with Crippen molar-refractivity contribution in [2.24, 2.45) is 5.41 Å². The predicted molar refractivity (Wildman–Crippen MR) is 193 cm³/mol. The summed E-state index contributed by atoms with van der Waals surface area (Å²) < 4.78 is 3.60. The number of aliphatic hydroxyl groups is 4. The predicted octanol–water partition coefficient (Wildman–Crippen LogP) is 6.08. The van der Waals surface area contributed by atoms with Gasteiger partial charge in [-0.1, -0.05) is 83.1 Å². The highest BCUT2D eigenvalue weighted by Crippen LogP contribution is 2.56. The monoisotopic (exact) mass is 722 g/mol. The molecule has 46 heavy (non-hydrogen) atoms. The van der Waals surface area contributed by atoms with E-state index in [1.54, 1.807) is 0 Å². The fraction of sp³-hybridized carbons (Fsp3) is 0.636. The third-order valence-corrected chi connectivity index (χ3v) is 9.71. The molecule has 0 aromatic heterocycles. The van der Waals surface area contributed by atoms with Crippen LogP contribution >= 0.6 is 42.5 Å². The van der Waals surface area contributed by atoms with Crippen molar-refractivity contribution in [2.75, 3.05) is 19.8 Å². The first kappa shape index (κ1) is 43.7. The Labute approximate surface area is 288 Å². The molecular weight excluding hydrogens is 666 g/mol. The van der Waals surface area contributed by atoms with E-state index in [0.717, 1.165) is 32.0 Å². The number of aliphatic hydroxyl groups excluding tert-OH is 3. The second-order valence-corrected chi connectivity index (χ2v) is 18.6. The molecule has 0 saturated heterocycles. The zero-order valence-corrected chi connectivity index (χ0v) is 32.8. The molecule has 0 saturated carbocycles. The van der Waals surface area contributed by atoms with Gasteiger partial charge in [-0.05, 0) is 79.3 Å². The molecule has 264 valence electrons. The van der Waals surface area contributed by atoms with E-state index >= 15 is 0 Å². The van der Waals surface area contributed by atoms with Gasteiger partial charge in [0.2, 0.25) is 0 Å². The van der Waals surface area contributed by atoms with Crippen molar-refractivity contribution in [2.45, 2.75) is 120 Å². The average Bonchev–Trinajstić information content (AvgIpc) is 2.86. The van der Waals surface area contributed by atoms with Gasteiger partial charge in [-0.25, -0.2) is 4.31 Å². The van der Waals surface area contributed by atoms with Gasteiger partial charge < -0.3 is 40.0 Å². The largest absolute Gasteiger partial charge is 0.395 e. The Bertz CT molecular complexity index is 1150. The lowest BCUT2D eigenvalue weighted by Crippen LogP contribution is -2.57.